The maximum atomic E-state index is 5.72. The number of nitrogens with one attached hydrogen (secondary N) is 1. The summed E-state index contributed by atoms with van der Waals surface area (Å²) in [4.78, 5) is 1.37. The zero-order chi connectivity index (χ0) is 13.5. The maximum Gasteiger partial charge on any atom is 0.118 e. The summed E-state index contributed by atoms with van der Waals surface area (Å²) in [7, 11) is 0. The molecule has 2 rings (SSSR count). The lowest BCUT2D eigenvalue weighted by Crippen LogP contribution is -2.10. The van der Waals surface area contributed by atoms with E-state index in [-0.39, 0.29) is 0 Å². The van der Waals surface area contributed by atoms with E-state index in [2.05, 4.69) is 35.8 Å². The second-order valence-electron chi connectivity index (χ2n) is 4.46. The van der Waals surface area contributed by atoms with Crippen LogP contribution in [0.5, 0.6) is 0 Å². The Morgan fingerprint density at radius 1 is 1.42 bits per heavy atom. The van der Waals surface area contributed by atoms with Crippen molar-refractivity contribution in [3.8, 4) is 0 Å². The van der Waals surface area contributed by atoms with Crippen molar-refractivity contribution in [1.82, 2.24) is 5.32 Å². The summed E-state index contributed by atoms with van der Waals surface area (Å²) in [5, 5.41) is 5.36. The molecule has 3 nitrogen and oxygen atoms in total. The summed E-state index contributed by atoms with van der Waals surface area (Å²) in [6.45, 7) is 7.21. The molecule has 0 fully saturated rings. The molecule has 0 unspecified atom stereocenters. The fraction of sp³-hybridized carbons (Fsp3) is 0.467. The molecule has 0 aromatic carbocycles. The number of thiophene rings is 1. The van der Waals surface area contributed by atoms with Crippen LogP contribution in [0.4, 0.5) is 0 Å². The van der Waals surface area contributed by atoms with Crippen LogP contribution in [0.1, 0.15) is 28.9 Å². The first-order valence-electron chi connectivity index (χ1n) is 6.68. The molecule has 2 aromatic rings. The van der Waals surface area contributed by atoms with Gasteiger partial charge >= 0.3 is 0 Å². The fourth-order valence-electron chi connectivity index (χ4n) is 1.88. The monoisotopic (exact) mass is 279 g/mol. The molecule has 0 saturated heterocycles. The Bertz CT molecular complexity index is 476. The van der Waals surface area contributed by atoms with E-state index in [9.17, 15) is 0 Å². The van der Waals surface area contributed by atoms with Crippen molar-refractivity contribution in [3.05, 3.63) is 45.5 Å². The minimum Gasteiger partial charge on any atom is -0.465 e. The molecule has 104 valence electrons. The number of hydrogen-bond donors (Lipinski definition) is 1. The number of ether oxygens (including phenoxy) is 1. The average Bonchev–Trinajstić information content (AvgIpc) is 3.02. The van der Waals surface area contributed by atoms with Gasteiger partial charge in [-0.2, -0.15) is 0 Å². The van der Waals surface area contributed by atoms with Crippen LogP contribution in [0.15, 0.2) is 28.0 Å². The van der Waals surface area contributed by atoms with Gasteiger partial charge in [-0.25, -0.2) is 0 Å². The lowest BCUT2D eigenvalue weighted by molar-refractivity contribution is 0.123. The third-order valence-electron chi connectivity index (χ3n) is 2.95. The fourth-order valence-corrected chi connectivity index (χ4v) is 2.57. The van der Waals surface area contributed by atoms with Gasteiger partial charge in [0.1, 0.15) is 11.5 Å². The highest BCUT2D eigenvalue weighted by Gasteiger charge is 2.07. The van der Waals surface area contributed by atoms with Gasteiger partial charge in [0.25, 0.3) is 0 Å². The van der Waals surface area contributed by atoms with Gasteiger partial charge in [0.05, 0.1) is 19.8 Å². The van der Waals surface area contributed by atoms with E-state index >= 15 is 0 Å². The van der Waals surface area contributed by atoms with Crippen molar-refractivity contribution < 1.29 is 9.15 Å². The van der Waals surface area contributed by atoms with E-state index in [0.717, 1.165) is 43.2 Å². The quantitative estimate of drug-likeness (QED) is 0.751. The molecule has 0 amide bonds. The van der Waals surface area contributed by atoms with Crippen LogP contribution in [-0.2, 0) is 24.3 Å². The Morgan fingerprint density at radius 2 is 2.32 bits per heavy atom. The molecule has 0 saturated carbocycles. The zero-order valence-corrected chi connectivity index (χ0v) is 12.4. The lowest BCUT2D eigenvalue weighted by atomic mass is 10.2. The van der Waals surface area contributed by atoms with E-state index in [1.165, 1.54) is 4.88 Å². The predicted molar refractivity (Wildman–Crippen MR) is 78.5 cm³/mol. The first-order chi connectivity index (χ1) is 9.29. The van der Waals surface area contributed by atoms with E-state index < -0.39 is 0 Å². The molecule has 0 radical (unpaired) electrons. The van der Waals surface area contributed by atoms with Crippen molar-refractivity contribution in [1.29, 1.82) is 0 Å². The van der Waals surface area contributed by atoms with Crippen LogP contribution < -0.4 is 5.32 Å². The van der Waals surface area contributed by atoms with Crippen molar-refractivity contribution in [2.24, 2.45) is 0 Å². The Kier molecular flexibility index (Phi) is 5.63. The van der Waals surface area contributed by atoms with E-state index in [0.29, 0.717) is 6.61 Å². The maximum absolute atomic E-state index is 5.72. The Hall–Kier alpha value is -1.10. The van der Waals surface area contributed by atoms with Gasteiger partial charge in [0.15, 0.2) is 0 Å². The first-order valence-corrected chi connectivity index (χ1v) is 7.56. The molecular formula is C15H21NO2S. The highest BCUT2D eigenvalue weighted by atomic mass is 32.1. The highest BCUT2D eigenvalue weighted by molar-refractivity contribution is 7.09. The summed E-state index contributed by atoms with van der Waals surface area (Å²) < 4.78 is 11.4. The van der Waals surface area contributed by atoms with Gasteiger partial charge in [-0.05, 0) is 31.0 Å². The lowest BCUT2D eigenvalue weighted by Gasteiger charge is -2.01. The minimum atomic E-state index is 0.632. The van der Waals surface area contributed by atoms with E-state index in [4.69, 9.17) is 9.15 Å². The van der Waals surface area contributed by atoms with E-state index in [1.807, 2.05) is 6.92 Å². The van der Waals surface area contributed by atoms with Crippen LogP contribution >= 0.6 is 11.3 Å². The summed E-state index contributed by atoms with van der Waals surface area (Å²) in [6, 6.07) is 6.31. The molecular weight excluding hydrogens is 258 g/mol. The standard InChI is InChI=1S/C15H21NO2S/c1-3-16-10-14-9-13(12(2)18-14)11-17-7-6-15-5-4-8-19-15/h4-5,8-9,16H,3,6-7,10-11H2,1-2H3. The number of rotatable bonds is 8. The van der Waals surface area contributed by atoms with Crippen LogP contribution in [0.2, 0.25) is 0 Å². The number of aryl methyl sites for hydroxylation is 1. The van der Waals surface area contributed by atoms with Crippen LogP contribution in [0, 0.1) is 6.92 Å². The Balaban J connectivity index is 1.74. The normalized spacial score (nSPS) is 11.1. The van der Waals surface area contributed by atoms with Crippen LogP contribution in [0.25, 0.3) is 0 Å². The summed E-state index contributed by atoms with van der Waals surface area (Å²) in [5.74, 6) is 1.94. The molecule has 0 aliphatic rings. The summed E-state index contributed by atoms with van der Waals surface area (Å²) >= 11 is 1.78. The van der Waals surface area contributed by atoms with Gasteiger partial charge in [0.2, 0.25) is 0 Å². The molecule has 2 heterocycles. The van der Waals surface area contributed by atoms with Crippen molar-refractivity contribution in [3.63, 3.8) is 0 Å². The van der Waals surface area contributed by atoms with Gasteiger partial charge in [-0.1, -0.05) is 13.0 Å². The van der Waals surface area contributed by atoms with Crippen LogP contribution in [0.3, 0.4) is 0 Å². The van der Waals surface area contributed by atoms with Crippen molar-refractivity contribution in [2.45, 2.75) is 33.4 Å². The minimum absolute atomic E-state index is 0.632. The molecule has 1 N–H and O–H groups in total. The Morgan fingerprint density at radius 3 is 3.05 bits per heavy atom. The molecule has 4 heteroatoms. The average molecular weight is 279 g/mol. The van der Waals surface area contributed by atoms with Crippen LogP contribution in [-0.4, -0.2) is 13.2 Å². The number of hydrogen-bond acceptors (Lipinski definition) is 4. The summed E-state index contributed by atoms with van der Waals surface area (Å²) in [6.07, 6.45) is 0.985. The van der Waals surface area contributed by atoms with E-state index in [1.54, 1.807) is 11.3 Å². The predicted octanol–water partition coefficient (Wildman–Crippen LogP) is 3.52. The molecule has 0 aliphatic heterocycles. The first kappa shape index (κ1) is 14.3. The zero-order valence-electron chi connectivity index (χ0n) is 11.6. The molecule has 2 aromatic heterocycles. The molecule has 0 spiro atoms. The molecule has 0 aliphatic carbocycles. The third kappa shape index (κ3) is 4.49. The largest absolute Gasteiger partial charge is 0.465 e. The van der Waals surface area contributed by atoms with Crippen molar-refractivity contribution >= 4 is 11.3 Å². The topological polar surface area (TPSA) is 34.4 Å². The van der Waals surface area contributed by atoms with Gasteiger partial charge in [0, 0.05) is 16.9 Å². The molecule has 19 heavy (non-hydrogen) atoms. The van der Waals surface area contributed by atoms with Gasteiger partial charge < -0.3 is 14.5 Å². The molecule has 0 atom stereocenters. The second-order valence-corrected chi connectivity index (χ2v) is 5.49. The third-order valence-corrected chi connectivity index (χ3v) is 3.89. The SMILES string of the molecule is CCNCc1cc(COCCc2cccs2)c(C)o1. The highest BCUT2D eigenvalue weighted by Crippen LogP contribution is 2.16. The van der Waals surface area contributed by atoms with Gasteiger partial charge in [-0.15, -0.1) is 11.3 Å². The summed E-state index contributed by atoms with van der Waals surface area (Å²) in [5.41, 5.74) is 1.15. The second kappa shape index (κ2) is 7.48. The molecule has 0 bridgehead atoms. The van der Waals surface area contributed by atoms with Gasteiger partial charge in [-0.3, -0.25) is 0 Å². The smallest absolute Gasteiger partial charge is 0.118 e. The van der Waals surface area contributed by atoms with Crippen molar-refractivity contribution in [2.75, 3.05) is 13.2 Å². The Labute approximate surface area is 118 Å². The number of furan rings is 1.